The molecule has 1 aromatic carbocycles. The van der Waals surface area contributed by atoms with Crippen LogP contribution in [-0.4, -0.2) is 29.4 Å². The molecule has 1 aromatic rings. The van der Waals surface area contributed by atoms with Crippen LogP contribution in [0.25, 0.3) is 0 Å². The molecule has 2 saturated carbocycles. The summed E-state index contributed by atoms with van der Waals surface area (Å²) in [6.07, 6.45) is 6.38. The average Bonchev–Trinajstić information content (AvgIpc) is 3.26. The van der Waals surface area contributed by atoms with Gasteiger partial charge in [-0.05, 0) is 56.4 Å². The lowest BCUT2D eigenvalue weighted by atomic mass is 9.80. The van der Waals surface area contributed by atoms with E-state index >= 15 is 0 Å². The molecule has 2 atom stereocenters. The van der Waals surface area contributed by atoms with Gasteiger partial charge in [0.15, 0.2) is 0 Å². The molecule has 110 valence electrons. The van der Waals surface area contributed by atoms with Gasteiger partial charge in [0.05, 0.1) is 6.61 Å². The van der Waals surface area contributed by atoms with Crippen LogP contribution in [0, 0.1) is 5.82 Å². The summed E-state index contributed by atoms with van der Waals surface area (Å²) in [7, 11) is 0. The van der Waals surface area contributed by atoms with Gasteiger partial charge in [-0.15, -0.1) is 0 Å². The minimum absolute atomic E-state index is 0.0904. The van der Waals surface area contributed by atoms with Crippen LogP contribution in [-0.2, 0) is 0 Å². The standard InChI is InChI=1S/C16H22FNO2/c17-12-3-7-14(8-4-12)20-15-2-1-9-16(10-15,11-19)18-13-5-6-13/h3-4,7-8,13,15,18-19H,1-2,5-6,9-11H2. The van der Waals surface area contributed by atoms with Crippen LogP contribution in [0.5, 0.6) is 5.75 Å². The van der Waals surface area contributed by atoms with Gasteiger partial charge in [-0.25, -0.2) is 4.39 Å². The second-order valence-electron chi connectivity index (χ2n) is 6.15. The Bertz CT molecular complexity index is 446. The predicted molar refractivity (Wildman–Crippen MR) is 75.3 cm³/mol. The number of nitrogens with one attached hydrogen (secondary N) is 1. The molecule has 2 fully saturated rings. The Morgan fingerprint density at radius 1 is 1.25 bits per heavy atom. The number of hydrogen-bond acceptors (Lipinski definition) is 3. The maximum Gasteiger partial charge on any atom is 0.123 e. The van der Waals surface area contributed by atoms with Crippen molar-refractivity contribution < 1.29 is 14.2 Å². The normalized spacial score (nSPS) is 30.2. The minimum atomic E-state index is -0.249. The van der Waals surface area contributed by atoms with E-state index in [4.69, 9.17) is 4.74 Å². The summed E-state index contributed by atoms with van der Waals surface area (Å²) in [6, 6.07) is 6.74. The molecule has 2 aliphatic carbocycles. The Kier molecular flexibility index (Phi) is 3.94. The zero-order chi connectivity index (χ0) is 14.0. The largest absolute Gasteiger partial charge is 0.490 e. The number of aliphatic hydroxyl groups is 1. The molecule has 0 heterocycles. The maximum absolute atomic E-state index is 12.9. The van der Waals surface area contributed by atoms with Gasteiger partial charge in [0, 0.05) is 18.0 Å². The first-order chi connectivity index (χ1) is 9.69. The summed E-state index contributed by atoms with van der Waals surface area (Å²) >= 11 is 0. The van der Waals surface area contributed by atoms with Gasteiger partial charge >= 0.3 is 0 Å². The van der Waals surface area contributed by atoms with Gasteiger partial charge < -0.3 is 15.2 Å². The molecule has 3 rings (SSSR count). The molecular weight excluding hydrogens is 257 g/mol. The van der Waals surface area contributed by atoms with Crippen molar-refractivity contribution in [3.63, 3.8) is 0 Å². The molecule has 0 radical (unpaired) electrons. The smallest absolute Gasteiger partial charge is 0.123 e. The molecular formula is C16H22FNO2. The van der Waals surface area contributed by atoms with Crippen LogP contribution in [0.15, 0.2) is 24.3 Å². The fourth-order valence-electron chi connectivity index (χ4n) is 3.10. The second-order valence-corrected chi connectivity index (χ2v) is 6.15. The highest BCUT2D eigenvalue weighted by atomic mass is 19.1. The maximum atomic E-state index is 12.9. The monoisotopic (exact) mass is 279 g/mol. The number of halogens is 1. The zero-order valence-electron chi connectivity index (χ0n) is 11.6. The van der Waals surface area contributed by atoms with Crippen LogP contribution in [0.4, 0.5) is 4.39 Å². The molecule has 20 heavy (non-hydrogen) atoms. The third-order valence-corrected chi connectivity index (χ3v) is 4.31. The molecule has 3 nitrogen and oxygen atoms in total. The summed E-state index contributed by atoms with van der Waals surface area (Å²) in [5.41, 5.74) is -0.190. The highest BCUT2D eigenvalue weighted by molar-refractivity contribution is 5.22. The van der Waals surface area contributed by atoms with Crippen LogP contribution < -0.4 is 10.1 Å². The molecule has 0 saturated heterocycles. The average molecular weight is 279 g/mol. The van der Waals surface area contributed by atoms with Crippen molar-refractivity contribution in [2.75, 3.05) is 6.61 Å². The van der Waals surface area contributed by atoms with Crippen LogP contribution >= 0.6 is 0 Å². The molecule has 0 spiro atoms. The topological polar surface area (TPSA) is 41.5 Å². The highest BCUT2D eigenvalue weighted by Gasteiger charge is 2.40. The quantitative estimate of drug-likeness (QED) is 0.870. The Labute approximate surface area is 119 Å². The van der Waals surface area contributed by atoms with E-state index in [1.807, 2.05) is 0 Å². The van der Waals surface area contributed by atoms with Crippen molar-refractivity contribution in [2.24, 2.45) is 0 Å². The Morgan fingerprint density at radius 3 is 2.65 bits per heavy atom. The number of aliphatic hydroxyl groups excluding tert-OH is 1. The van der Waals surface area contributed by atoms with Gasteiger partial charge in [0.25, 0.3) is 0 Å². The van der Waals surface area contributed by atoms with Gasteiger partial charge in [-0.2, -0.15) is 0 Å². The third kappa shape index (κ3) is 3.30. The Morgan fingerprint density at radius 2 is 2.00 bits per heavy atom. The zero-order valence-corrected chi connectivity index (χ0v) is 11.6. The molecule has 0 bridgehead atoms. The summed E-state index contributed by atoms with van der Waals surface area (Å²) in [4.78, 5) is 0. The van der Waals surface area contributed by atoms with Crippen molar-refractivity contribution in [3.05, 3.63) is 30.1 Å². The van der Waals surface area contributed by atoms with Crippen LogP contribution in [0.2, 0.25) is 0 Å². The Balaban J connectivity index is 1.63. The summed E-state index contributed by atoms with van der Waals surface area (Å²) < 4.78 is 18.8. The van der Waals surface area contributed by atoms with Crippen molar-refractivity contribution in [1.82, 2.24) is 5.32 Å². The summed E-state index contributed by atoms with van der Waals surface area (Å²) in [6.45, 7) is 0.160. The lowest BCUT2D eigenvalue weighted by molar-refractivity contribution is 0.0497. The molecule has 2 unspecified atom stereocenters. The number of benzene rings is 1. The fraction of sp³-hybridized carbons (Fsp3) is 0.625. The first kappa shape index (κ1) is 13.8. The first-order valence-electron chi connectivity index (χ1n) is 7.50. The lowest BCUT2D eigenvalue weighted by Crippen LogP contribution is -2.54. The SMILES string of the molecule is OCC1(NC2CC2)CCCC(Oc2ccc(F)cc2)C1. The van der Waals surface area contributed by atoms with E-state index in [2.05, 4.69) is 5.32 Å². The number of ether oxygens (including phenoxy) is 1. The molecule has 2 aliphatic rings. The minimum Gasteiger partial charge on any atom is -0.490 e. The summed E-state index contributed by atoms with van der Waals surface area (Å²) in [5, 5.41) is 13.4. The number of rotatable bonds is 5. The van der Waals surface area contributed by atoms with E-state index in [-0.39, 0.29) is 24.1 Å². The molecule has 2 N–H and O–H groups in total. The second kappa shape index (κ2) is 5.70. The number of hydrogen-bond donors (Lipinski definition) is 2. The van der Waals surface area contributed by atoms with Gasteiger partial charge in [-0.1, -0.05) is 0 Å². The van der Waals surface area contributed by atoms with Crippen molar-refractivity contribution in [1.29, 1.82) is 0 Å². The van der Waals surface area contributed by atoms with E-state index in [0.29, 0.717) is 11.8 Å². The van der Waals surface area contributed by atoms with E-state index in [0.717, 1.165) is 25.7 Å². The van der Waals surface area contributed by atoms with Gasteiger partial charge in [0.2, 0.25) is 0 Å². The van der Waals surface area contributed by atoms with Crippen molar-refractivity contribution >= 4 is 0 Å². The molecule has 4 heteroatoms. The van der Waals surface area contributed by atoms with Crippen molar-refractivity contribution in [2.45, 2.75) is 56.2 Å². The predicted octanol–water partition coefficient (Wildman–Crippen LogP) is 2.63. The fourth-order valence-corrected chi connectivity index (χ4v) is 3.10. The molecule has 0 amide bonds. The van der Waals surface area contributed by atoms with E-state index < -0.39 is 0 Å². The summed E-state index contributed by atoms with van der Waals surface area (Å²) in [5.74, 6) is 0.456. The van der Waals surface area contributed by atoms with E-state index in [1.165, 1.54) is 25.0 Å². The van der Waals surface area contributed by atoms with Crippen LogP contribution in [0.1, 0.15) is 38.5 Å². The lowest BCUT2D eigenvalue weighted by Gasteiger charge is -2.40. The Hall–Kier alpha value is -1.13. The van der Waals surface area contributed by atoms with Crippen LogP contribution in [0.3, 0.4) is 0 Å². The van der Waals surface area contributed by atoms with Gasteiger partial charge in [-0.3, -0.25) is 0 Å². The first-order valence-corrected chi connectivity index (χ1v) is 7.50. The van der Waals surface area contributed by atoms with E-state index in [9.17, 15) is 9.50 Å². The van der Waals surface area contributed by atoms with Gasteiger partial charge in [0.1, 0.15) is 17.7 Å². The van der Waals surface area contributed by atoms with Crippen molar-refractivity contribution in [3.8, 4) is 5.75 Å². The van der Waals surface area contributed by atoms with E-state index in [1.54, 1.807) is 12.1 Å². The highest BCUT2D eigenvalue weighted by Crippen LogP contribution is 2.34. The third-order valence-electron chi connectivity index (χ3n) is 4.31. The molecule has 0 aromatic heterocycles. The molecule has 0 aliphatic heterocycles.